The van der Waals surface area contributed by atoms with Crippen LogP contribution in [-0.2, 0) is 11.2 Å². The van der Waals surface area contributed by atoms with Crippen molar-refractivity contribution in [3.8, 4) is 5.69 Å². The molecule has 1 heterocycles. The third-order valence-electron chi connectivity index (χ3n) is 2.39. The Morgan fingerprint density at radius 3 is 2.59 bits per heavy atom. The molecular weight excluding hydrogens is 216 g/mol. The van der Waals surface area contributed by atoms with Gasteiger partial charge in [0.15, 0.2) is 0 Å². The number of nitrogens with zero attached hydrogens (tertiary/aromatic N) is 3. The maximum absolute atomic E-state index is 10.9. The second-order valence-corrected chi connectivity index (χ2v) is 3.65. The van der Waals surface area contributed by atoms with Crippen LogP contribution >= 0.6 is 0 Å². The number of primary amides is 1. The normalized spacial score (nSPS) is 10.1. The van der Waals surface area contributed by atoms with Crippen molar-refractivity contribution >= 4 is 5.91 Å². The summed E-state index contributed by atoms with van der Waals surface area (Å²) in [5, 5.41) is 4.02. The molecule has 0 unspecified atom stereocenters. The van der Waals surface area contributed by atoms with E-state index >= 15 is 0 Å². The molecule has 86 valence electrons. The topological polar surface area (TPSA) is 73.8 Å². The zero-order valence-electron chi connectivity index (χ0n) is 9.21. The molecule has 17 heavy (non-hydrogen) atoms. The molecule has 0 aliphatic rings. The SMILES string of the molecule is C=C(Cc1ccc(-n2cncn2)cc1)C(N)=O. The summed E-state index contributed by atoms with van der Waals surface area (Å²) in [4.78, 5) is 14.7. The standard InChI is InChI=1S/C12H12N4O/c1-9(12(13)17)6-10-2-4-11(5-3-10)16-8-14-7-15-16/h2-5,7-8H,1,6H2,(H2,13,17). The molecule has 1 aromatic carbocycles. The second-order valence-electron chi connectivity index (χ2n) is 3.65. The van der Waals surface area contributed by atoms with Crippen LogP contribution < -0.4 is 5.73 Å². The number of hydrogen-bond acceptors (Lipinski definition) is 3. The Morgan fingerprint density at radius 2 is 2.06 bits per heavy atom. The zero-order valence-corrected chi connectivity index (χ0v) is 9.21. The fraction of sp³-hybridized carbons (Fsp3) is 0.0833. The Morgan fingerprint density at radius 1 is 1.35 bits per heavy atom. The van der Waals surface area contributed by atoms with E-state index in [0.29, 0.717) is 12.0 Å². The number of carbonyl (C=O) groups is 1. The van der Waals surface area contributed by atoms with Gasteiger partial charge in [-0.1, -0.05) is 18.7 Å². The van der Waals surface area contributed by atoms with Crippen LogP contribution in [0.3, 0.4) is 0 Å². The average Bonchev–Trinajstić information content (AvgIpc) is 2.83. The Labute approximate surface area is 98.6 Å². The largest absolute Gasteiger partial charge is 0.366 e. The maximum atomic E-state index is 10.9. The lowest BCUT2D eigenvalue weighted by Crippen LogP contribution is -2.14. The van der Waals surface area contributed by atoms with Crippen LogP contribution in [-0.4, -0.2) is 20.7 Å². The summed E-state index contributed by atoms with van der Waals surface area (Å²) in [6, 6.07) is 7.62. The summed E-state index contributed by atoms with van der Waals surface area (Å²) in [6.07, 6.45) is 3.56. The fourth-order valence-electron chi connectivity index (χ4n) is 1.44. The third-order valence-corrected chi connectivity index (χ3v) is 2.39. The first-order valence-electron chi connectivity index (χ1n) is 5.08. The molecular formula is C12H12N4O. The van der Waals surface area contributed by atoms with E-state index in [2.05, 4.69) is 16.7 Å². The van der Waals surface area contributed by atoms with E-state index in [1.165, 1.54) is 6.33 Å². The maximum Gasteiger partial charge on any atom is 0.244 e. The molecule has 0 bridgehead atoms. The molecule has 0 atom stereocenters. The van der Waals surface area contributed by atoms with Gasteiger partial charge in [-0.25, -0.2) is 9.67 Å². The zero-order chi connectivity index (χ0) is 12.3. The first kappa shape index (κ1) is 11.1. The lowest BCUT2D eigenvalue weighted by molar-refractivity contribution is -0.114. The molecule has 0 fully saturated rings. The van der Waals surface area contributed by atoms with Crippen LogP contribution in [0.5, 0.6) is 0 Å². The van der Waals surface area contributed by atoms with Crippen LogP contribution in [0.25, 0.3) is 5.69 Å². The first-order chi connectivity index (χ1) is 8.16. The summed E-state index contributed by atoms with van der Waals surface area (Å²) >= 11 is 0. The van der Waals surface area contributed by atoms with Crippen molar-refractivity contribution < 1.29 is 4.79 Å². The minimum atomic E-state index is -0.467. The van der Waals surface area contributed by atoms with Crippen molar-refractivity contribution in [2.75, 3.05) is 0 Å². The number of carbonyl (C=O) groups excluding carboxylic acids is 1. The molecule has 0 aliphatic carbocycles. The highest BCUT2D eigenvalue weighted by Gasteiger charge is 2.03. The number of benzene rings is 1. The third kappa shape index (κ3) is 2.57. The van der Waals surface area contributed by atoms with E-state index in [1.54, 1.807) is 11.0 Å². The second kappa shape index (κ2) is 4.61. The molecule has 5 nitrogen and oxygen atoms in total. The van der Waals surface area contributed by atoms with Gasteiger partial charge in [0, 0.05) is 12.0 Å². The van der Waals surface area contributed by atoms with Gasteiger partial charge in [0.2, 0.25) is 5.91 Å². The van der Waals surface area contributed by atoms with Gasteiger partial charge in [0.05, 0.1) is 5.69 Å². The van der Waals surface area contributed by atoms with Crippen molar-refractivity contribution in [2.45, 2.75) is 6.42 Å². The molecule has 2 N–H and O–H groups in total. The van der Waals surface area contributed by atoms with Crippen molar-refractivity contribution in [1.82, 2.24) is 14.8 Å². The molecule has 0 aliphatic heterocycles. The number of nitrogens with two attached hydrogens (primary N) is 1. The summed E-state index contributed by atoms with van der Waals surface area (Å²) in [5.74, 6) is -0.467. The van der Waals surface area contributed by atoms with Crippen LogP contribution in [0.15, 0.2) is 49.1 Å². The van der Waals surface area contributed by atoms with Crippen LogP contribution in [0.1, 0.15) is 5.56 Å². The average molecular weight is 228 g/mol. The minimum Gasteiger partial charge on any atom is -0.366 e. The number of hydrogen-bond donors (Lipinski definition) is 1. The summed E-state index contributed by atoms with van der Waals surface area (Å²) in [7, 11) is 0. The smallest absolute Gasteiger partial charge is 0.244 e. The van der Waals surface area contributed by atoms with E-state index in [4.69, 9.17) is 5.73 Å². The van der Waals surface area contributed by atoms with Gasteiger partial charge in [0.1, 0.15) is 12.7 Å². The van der Waals surface area contributed by atoms with Crippen LogP contribution in [0.2, 0.25) is 0 Å². The molecule has 1 amide bonds. The highest BCUT2D eigenvalue weighted by molar-refractivity contribution is 5.91. The van der Waals surface area contributed by atoms with Gasteiger partial charge in [-0.2, -0.15) is 5.10 Å². The molecule has 2 rings (SSSR count). The van der Waals surface area contributed by atoms with E-state index in [1.807, 2.05) is 24.3 Å². The van der Waals surface area contributed by atoms with Crippen molar-refractivity contribution in [3.63, 3.8) is 0 Å². The quantitative estimate of drug-likeness (QED) is 0.788. The van der Waals surface area contributed by atoms with Gasteiger partial charge >= 0.3 is 0 Å². The molecule has 5 heteroatoms. The highest BCUT2D eigenvalue weighted by atomic mass is 16.1. The van der Waals surface area contributed by atoms with E-state index in [9.17, 15) is 4.79 Å². The number of amides is 1. The predicted molar refractivity (Wildman–Crippen MR) is 63.4 cm³/mol. The van der Waals surface area contributed by atoms with Gasteiger partial charge in [-0.15, -0.1) is 0 Å². The minimum absolute atomic E-state index is 0.401. The Kier molecular flexibility index (Phi) is 3.00. The van der Waals surface area contributed by atoms with E-state index in [-0.39, 0.29) is 0 Å². The van der Waals surface area contributed by atoms with Gasteiger partial charge in [-0.3, -0.25) is 4.79 Å². The van der Waals surface area contributed by atoms with Gasteiger partial charge in [-0.05, 0) is 17.7 Å². The first-order valence-corrected chi connectivity index (χ1v) is 5.08. The lowest BCUT2D eigenvalue weighted by atomic mass is 10.1. The molecule has 1 aromatic heterocycles. The fourth-order valence-corrected chi connectivity index (χ4v) is 1.44. The van der Waals surface area contributed by atoms with Crippen molar-refractivity contribution in [2.24, 2.45) is 5.73 Å². The van der Waals surface area contributed by atoms with Crippen LogP contribution in [0.4, 0.5) is 0 Å². The summed E-state index contributed by atoms with van der Waals surface area (Å²) < 4.78 is 1.66. The summed E-state index contributed by atoms with van der Waals surface area (Å²) in [5.41, 5.74) is 7.43. The summed E-state index contributed by atoms with van der Waals surface area (Å²) in [6.45, 7) is 3.62. The number of aromatic nitrogens is 3. The van der Waals surface area contributed by atoms with Gasteiger partial charge < -0.3 is 5.73 Å². The molecule has 0 spiro atoms. The van der Waals surface area contributed by atoms with Gasteiger partial charge in [0.25, 0.3) is 0 Å². The highest BCUT2D eigenvalue weighted by Crippen LogP contribution is 2.11. The molecule has 0 radical (unpaired) electrons. The monoisotopic (exact) mass is 228 g/mol. The molecule has 2 aromatic rings. The van der Waals surface area contributed by atoms with Crippen molar-refractivity contribution in [1.29, 1.82) is 0 Å². The Hall–Kier alpha value is -2.43. The molecule has 0 saturated heterocycles. The lowest BCUT2D eigenvalue weighted by Gasteiger charge is -2.04. The van der Waals surface area contributed by atoms with Crippen LogP contribution in [0, 0.1) is 0 Å². The molecule has 0 saturated carbocycles. The van der Waals surface area contributed by atoms with Crippen molar-refractivity contribution in [3.05, 3.63) is 54.6 Å². The predicted octanol–water partition coefficient (Wildman–Crippen LogP) is 0.851. The Balaban J connectivity index is 2.14. The van der Waals surface area contributed by atoms with E-state index < -0.39 is 5.91 Å². The van der Waals surface area contributed by atoms with E-state index in [0.717, 1.165) is 11.3 Å². The number of rotatable bonds is 4. The Bertz CT molecular complexity index is 528.